The van der Waals surface area contributed by atoms with Gasteiger partial charge in [0.1, 0.15) is 5.69 Å². The molecule has 0 saturated carbocycles. The number of aryl methyl sites for hydroxylation is 1. The van der Waals surface area contributed by atoms with Crippen molar-refractivity contribution >= 4 is 5.91 Å². The minimum Gasteiger partial charge on any atom is -0.336 e. The Kier molecular flexibility index (Phi) is 4.76. The summed E-state index contributed by atoms with van der Waals surface area (Å²) in [5.74, 6) is -0.0813. The van der Waals surface area contributed by atoms with Gasteiger partial charge in [0.05, 0.1) is 23.5 Å². The van der Waals surface area contributed by atoms with Crippen LogP contribution in [-0.4, -0.2) is 37.4 Å². The Bertz CT molecular complexity index is 1080. The van der Waals surface area contributed by atoms with Gasteiger partial charge in [-0.25, -0.2) is 4.68 Å². The van der Waals surface area contributed by atoms with Gasteiger partial charge in [-0.3, -0.25) is 9.48 Å². The van der Waals surface area contributed by atoms with Crippen LogP contribution in [0.1, 0.15) is 16.1 Å². The summed E-state index contributed by atoms with van der Waals surface area (Å²) in [6.07, 6.45) is 3.54. The molecular weight excluding hydrogens is 350 g/mol. The molecule has 0 atom stereocenters. The van der Waals surface area contributed by atoms with Gasteiger partial charge in [-0.05, 0) is 18.2 Å². The number of para-hydroxylation sites is 1. The molecule has 0 aliphatic rings. The van der Waals surface area contributed by atoms with Crippen LogP contribution in [-0.2, 0) is 13.6 Å². The van der Waals surface area contributed by atoms with Gasteiger partial charge in [0.25, 0.3) is 5.91 Å². The quantitative estimate of drug-likeness (QED) is 0.539. The van der Waals surface area contributed by atoms with Gasteiger partial charge in [0.15, 0.2) is 0 Å². The zero-order valence-electron chi connectivity index (χ0n) is 15.9. The van der Waals surface area contributed by atoms with E-state index in [1.807, 2.05) is 73.8 Å². The van der Waals surface area contributed by atoms with E-state index in [0.29, 0.717) is 17.8 Å². The summed E-state index contributed by atoms with van der Waals surface area (Å²) in [6.45, 7) is 0.472. The maximum atomic E-state index is 13.3. The summed E-state index contributed by atoms with van der Waals surface area (Å²) in [7, 11) is 3.67. The highest BCUT2D eigenvalue weighted by Crippen LogP contribution is 2.25. The van der Waals surface area contributed by atoms with Crippen molar-refractivity contribution in [2.24, 2.45) is 7.05 Å². The average Bonchev–Trinajstić information content (AvgIpc) is 3.35. The molecule has 0 aliphatic heterocycles. The van der Waals surface area contributed by atoms with Crippen LogP contribution >= 0.6 is 0 Å². The Morgan fingerprint density at radius 3 is 2.32 bits per heavy atom. The standard InChI is InChI=1S/C22H21N5O/c1-25(15-19-13-14-23-26(19)2)22(28)20-16-27(18-11-7-4-8-12-18)24-21(20)17-9-5-3-6-10-17/h3-14,16H,15H2,1-2H3. The Morgan fingerprint density at radius 2 is 1.68 bits per heavy atom. The first kappa shape index (κ1) is 17.7. The second kappa shape index (κ2) is 7.52. The average molecular weight is 371 g/mol. The molecule has 2 heterocycles. The van der Waals surface area contributed by atoms with Crippen molar-refractivity contribution < 1.29 is 4.79 Å². The topological polar surface area (TPSA) is 56.0 Å². The molecule has 6 heteroatoms. The summed E-state index contributed by atoms with van der Waals surface area (Å²) < 4.78 is 3.53. The minimum atomic E-state index is -0.0813. The lowest BCUT2D eigenvalue weighted by Crippen LogP contribution is -2.27. The Labute approximate surface area is 163 Å². The lowest BCUT2D eigenvalue weighted by atomic mass is 10.1. The van der Waals surface area contributed by atoms with Crippen LogP contribution in [0, 0.1) is 0 Å². The fourth-order valence-corrected chi connectivity index (χ4v) is 3.13. The molecule has 6 nitrogen and oxygen atoms in total. The number of rotatable bonds is 5. The number of nitrogens with zero attached hydrogens (tertiary/aromatic N) is 5. The SMILES string of the molecule is CN(Cc1ccnn1C)C(=O)c1cn(-c2ccccc2)nc1-c1ccccc1. The van der Waals surface area contributed by atoms with E-state index < -0.39 is 0 Å². The first-order valence-electron chi connectivity index (χ1n) is 9.06. The van der Waals surface area contributed by atoms with E-state index in [0.717, 1.165) is 16.9 Å². The summed E-state index contributed by atoms with van der Waals surface area (Å²) in [4.78, 5) is 15.0. The van der Waals surface area contributed by atoms with Crippen molar-refractivity contribution in [3.05, 3.63) is 90.4 Å². The number of aromatic nitrogens is 4. The lowest BCUT2D eigenvalue weighted by molar-refractivity contribution is 0.0782. The van der Waals surface area contributed by atoms with Crippen LogP contribution in [0.3, 0.4) is 0 Å². The third-order valence-electron chi connectivity index (χ3n) is 4.68. The Hall–Kier alpha value is -3.67. The van der Waals surface area contributed by atoms with E-state index in [4.69, 9.17) is 5.10 Å². The van der Waals surface area contributed by atoms with Crippen molar-refractivity contribution in [2.75, 3.05) is 7.05 Å². The zero-order valence-corrected chi connectivity index (χ0v) is 15.9. The van der Waals surface area contributed by atoms with Crippen molar-refractivity contribution in [2.45, 2.75) is 6.54 Å². The van der Waals surface area contributed by atoms with Crippen molar-refractivity contribution in [1.82, 2.24) is 24.5 Å². The number of benzene rings is 2. The third-order valence-corrected chi connectivity index (χ3v) is 4.68. The molecule has 0 spiro atoms. The highest BCUT2D eigenvalue weighted by atomic mass is 16.2. The molecule has 2 aromatic heterocycles. The fraction of sp³-hybridized carbons (Fsp3) is 0.136. The van der Waals surface area contributed by atoms with E-state index in [-0.39, 0.29) is 5.91 Å². The summed E-state index contributed by atoms with van der Waals surface area (Å²) in [5, 5.41) is 8.89. The largest absolute Gasteiger partial charge is 0.336 e. The second-order valence-corrected chi connectivity index (χ2v) is 6.64. The van der Waals surface area contributed by atoms with Crippen LogP contribution in [0.2, 0.25) is 0 Å². The highest BCUT2D eigenvalue weighted by Gasteiger charge is 2.22. The van der Waals surface area contributed by atoms with Gasteiger partial charge in [-0.1, -0.05) is 48.5 Å². The van der Waals surface area contributed by atoms with Crippen LogP contribution < -0.4 is 0 Å². The van der Waals surface area contributed by atoms with E-state index >= 15 is 0 Å². The van der Waals surface area contributed by atoms with Gasteiger partial charge in [0.2, 0.25) is 0 Å². The summed E-state index contributed by atoms with van der Waals surface area (Å²) in [6, 6.07) is 21.5. The van der Waals surface area contributed by atoms with Crippen molar-refractivity contribution in [3.8, 4) is 16.9 Å². The third kappa shape index (κ3) is 3.44. The lowest BCUT2D eigenvalue weighted by Gasteiger charge is -2.17. The van der Waals surface area contributed by atoms with E-state index in [9.17, 15) is 4.79 Å². The van der Waals surface area contributed by atoms with Crippen molar-refractivity contribution in [3.63, 3.8) is 0 Å². The zero-order chi connectivity index (χ0) is 19.5. The normalized spacial score (nSPS) is 10.8. The molecular formula is C22H21N5O. The predicted octanol–water partition coefficient (Wildman–Crippen LogP) is 3.55. The maximum Gasteiger partial charge on any atom is 0.257 e. The molecule has 4 rings (SSSR count). The molecule has 0 fully saturated rings. The van der Waals surface area contributed by atoms with Crippen LogP contribution in [0.5, 0.6) is 0 Å². The van der Waals surface area contributed by atoms with Crippen LogP contribution in [0.15, 0.2) is 79.1 Å². The van der Waals surface area contributed by atoms with E-state index in [2.05, 4.69) is 5.10 Å². The van der Waals surface area contributed by atoms with Gasteiger partial charge >= 0.3 is 0 Å². The van der Waals surface area contributed by atoms with Gasteiger partial charge in [-0.15, -0.1) is 0 Å². The molecule has 140 valence electrons. The van der Waals surface area contributed by atoms with Gasteiger partial charge in [0, 0.05) is 32.1 Å². The maximum absolute atomic E-state index is 13.3. The van der Waals surface area contributed by atoms with E-state index in [1.54, 1.807) is 33.7 Å². The molecule has 0 aliphatic carbocycles. The van der Waals surface area contributed by atoms with Crippen molar-refractivity contribution in [1.29, 1.82) is 0 Å². The molecule has 1 amide bonds. The minimum absolute atomic E-state index is 0.0813. The highest BCUT2D eigenvalue weighted by molar-refractivity contribution is 5.99. The monoisotopic (exact) mass is 371 g/mol. The number of carbonyl (C=O) groups excluding carboxylic acids is 1. The Balaban J connectivity index is 1.73. The summed E-state index contributed by atoms with van der Waals surface area (Å²) >= 11 is 0. The number of hydrogen-bond donors (Lipinski definition) is 0. The molecule has 0 radical (unpaired) electrons. The molecule has 28 heavy (non-hydrogen) atoms. The van der Waals surface area contributed by atoms with E-state index in [1.165, 1.54) is 0 Å². The number of hydrogen-bond acceptors (Lipinski definition) is 3. The molecule has 0 N–H and O–H groups in total. The first-order valence-corrected chi connectivity index (χ1v) is 9.06. The smallest absolute Gasteiger partial charge is 0.257 e. The molecule has 0 bridgehead atoms. The van der Waals surface area contributed by atoms with Crippen LogP contribution in [0.4, 0.5) is 0 Å². The number of carbonyl (C=O) groups is 1. The number of amides is 1. The summed E-state index contributed by atoms with van der Waals surface area (Å²) in [5.41, 5.74) is 4.03. The fourth-order valence-electron chi connectivity index (χ4n) is 3.13. The molecule has 0 unspecified atom stereocenters. The first-order chi connectivity index (χ1) is 13.6. The molecule has 0 saturated heterocycles. The molecule has 2 aromatic carbocycles. The second-order valence-electron chi connectivity index (χ2n) is 6.64. The van der Waals surface area contributed by atoms with Crippen LogP contribution in [0.25, 0.3) is 16.9 Å². The molecule has 4 aromatic rings. The van der Waals surface area contributed by atoms with Gasteiger partial charge in [-0.2, -0.15) is 10.2 Å². The van der Waals surface area contributed by atoms with Gasteiger partial charge < -0.3 is 4.90 Å². The Morgan fingerprint density at radius 1 is 1.00 bits per heavy atom. The predicted molar refractivity (Wildman–Crippen MR) is 108 cm³/mol.